The molecule has 152 valence electrons. The maximum Gasteiger partial charge on any atom is 0.258 e. The number of piperidine rings is 1. The van der Waals surface area contributed by atoms with Gasteiger partial charge >= 0.3 is 0 Å². The highest BCUT2D eigenvalue weighted by molar-refractivity contribution is 5.76. The number of methoxy groups -OCH3 is 1. The largest absolute Gasteiger partial charge is 0.385 e. The fraction of sp³-hybridized carbons (Fsp3) is 0.619. The minimum absolute atomic E-state index is 0.223. The average molecular weight is 386 g/mol. The number of hydrogen-bond donors (Lipinski definition) is 0. The highest BCUT2D eigenvalue weighted by Crippen LogP contribution is 2.38. The second-order valence-corrected chi connectivity index (χ2v) is 8.00. The number of ether oxygens (including phenoxy) is 1. The van der Waals surface area contributed by atoms with Gasteiger partial charge in [-0.05, 0) is 43.7 Å². The van der Waals surface area contributed by atoms with E-state index in [0.29, 0.717) is 30.7 Å². The molecule has 0 spiro atoms. The van der Waals surface area contributed by atoms with Crippen LogP contribution in [0.25, 0.3) is 11.5 Å². The van der Waals surface area contributed by atoms with E-state index in [9.17, 15) is 4.79 Å². The number of rotatable bonds is 8. The van der Waals surface area contributed by atoms with Crippen LogP contribution in [0.5, 0.6) is 0 Å². The number of carbonyl (C=O) groups excluding carboxylic acids is 1. The Kier molecular flexibility index (Phi) is 6.78. The molecule has 2 aromatic rings. The van der Waals surface area contributed by atoms with Crippen molar-refractivity contribution in [2.75, 3.05) is 26.8 Å². The lowest BCUT2D eigenvalue weighted by atomic mass is 9.75. The van der Waals surface area contributed by atoms with Crippen molar-refractivity contribution in [3.63, 3.8) is 0 Å². The zero-order chi connectivity index (χ0) is 20.0. The van der Waals surface area contributed by atoms with E-state index in [2.05, 4.69) is 24.0 Å². The summed E-state index contributed by atoms with van der Waals surface area (Å²) in [5, 5.41) is 4.31. The predicted octanol–water partition coefficient (Wildman–Crippen LogP) is 3.46. The molecular weight excluding hydrogens is 356 g/mol. The maximum absolute atomic E-state index is 12.5. The zero-order valence-corrected chi connectivity index (χ0v) is 17.1. The molecule has 1 saturated heterocycles. The Balaban J connectivity index is 1.72. The molecule has 0 atom stereocenters. The highest BCUT2D eigenvalue weighted by atomic mass is 16.5. The first-order chi connectivity index (χ1) is 13.5. The SMILES string of the molecule is COCCC1(c2noc(-c3ccncc3)n2)CCN(C(=O)CCC(C)C)CC1. The molecule has 3 rings (SSSR count). The number of hydrogen-bond acceptors (Lipinski definition) is 6. The van der Waals surface area contributed by atoms with Crippen molar-refractivity contribution in [1.82, 2.24) is 20.0 Å². The van der Waals surface area contributed by atoms with Gasteiger partial charge in [-0.2, -0.15) is 4.98 Å². The summed E-state index contributed by atoms with van der Waals surface area (Å²) < 4.78 is 10.9. The van der Waals surface area contributed by atoms with Gasteiger partial charge in [-0.3, -0.25) is 9.78 Å². The molecule has 0 radical (unpaired) electrons. The van der Waals surface area contributed by atoms with Crippen LogP contribution in [0.3, 0.4) is 0 Å². The van der Waals surface area contributed by atoms with E-state index in [0.717, 1.165) is 44.3 Å². The first kappa shape index (κ1) is 20.5. The molecule has 0 aliphatic carbocycles. The minimum atomic E-state index is -0.223. The fourth-order valence-electron chi connectivity index (χ4n) is 3.69. The van der Waals surface area contributed by atoms with Crippen LogP contribution >= 0.6 is 0 Å². The first-order valence-electron chi connectivity index (χ1n) is 10.1. The molecule has 28 heavy (non-hydrogen) atoms. The van der Waals surface area contributed by atoms with E-state index in [4.69, 9.17) is 14.2 Å². The molecule has 7 heteroatoms. The summed E-state index contributed by atoms with van der Waals surface area (Å²) in [5.74, 6) is 2.01. The Morgan fingerprint density at radius 3 is 2.64 bits per heavy atom. The van der Waals surface area contributed by atoms with Gasteiger partial charge in [0.05, 0.1) is 0 Å². The summed E-state index contributed by atoms with van der Waals surface area (Å²) in [6.07, 6.45) is 7.43. The van der Waals surface area contributed by atoms with Gasteiger partial charge in [-0.15, -0.1) is 0 Å². The second kappa shape index (κ2) is 9.28. The number of likely N-dealkylation sites (tertiary alicyclic amines) is 1. The Labute approximate surface area is 166 Å². The monoisotopic (exact) mass is 386 g/mol. The van der Waals surface area contributed by atoms with Crippen LogP contribution in [-0.2, 0) is 14.9 Å². The van der Waals surface area contributed by atoms with Crippen molar-refractivity contribution in [3.8, 4) is 11.5 Å². The summed E-state index contributed by atoms with van der Waals surface area (Å²) >= 11 is 0. The lowest BCUT2D eigenvalue weighted by Crippen LogP contribution is -2.46. The molecule has 1 fully saturated rings. The standard InChI is InChI=1S/C21H30N4O3/c1-16(2)4-5-18(26)25-13-8-21(9-14-25,10-15-27-3)20-23-19(28-24-20)17-6-11-22-12-7-17/h6-7,11-12,16H,4-5,8-10,13-15H2,1-3H3. The molecule has 2 aromatic heterocycles. The van der Waals surface area contributed by atoms with Crippen LogP contribution in [0.1, 0.15) is 51.8 Å². The van der Waals surface area contributed by atoms with E-state index in [1.54, 1.807) is 19.5 Å². The van der Waals surface area contributed by atoms with E-state index in [1.165, 1.54) is 0 Å². The molecule has 1 amide bonds. The van der Waals surface area contributed by atoms with Gasteiger partial charge in [0.1, 0.15) is 0 Å². The number of nitrogens with zero attached hydrogens (tertiary/aromatic N) is 4. The summed E-state index contributed by atoms with van der Waals surface area (Å²) in [4.78, 5) is 23.2. The van der Waals surface area contributed by atoms with Crippen molar-refractivity contribution >= 4 is 5.91 Å². The lowest BCUT2D eigenvalue weighted by Gasteiger charge is -2.40. The van der Waals surface area contributed by atoms with Crippen LogP contribution in [0.15, 0.2) is 29.0 Å². The Hall–Kier alpha value is -2.28. The fourth-order valence-corrected chi connectivity index (χ4v) is 3.69. The van der Waals surface area contributed by atoms with Gasteiger partial charge in [0.15, 0.2) is 5.82 Å². The van der Waals surface area contributed by atoms with Crippen LogP contribution in [0.2, 0.25) is 0 Å². The molecule has 1 aliphatic rings. The predicted molar refractivity (Wildman–Crippen MR) is 106 cm³/mol. The Morgan fingerprint density at radius 2 is 2.00 bits per heavy atom. The molecule has 0 bridgehead atoms. The number of aromatic nitrogens is 3. The van der Waals surface area contributed by atoms with Gasteiger partial charge < -0.3 is 14.2 Å². The van der Waals surface area contributed by atoms with Gasteiger partial charge in [0.2, 0.25) is 5.91 Å². The summed E-state index contributed by atoms with van der Waals surface area (Å²) in [5.41, 5.74) is 0.636. The number of amides is 1. The van der Waals surface area contributed by atoms with Crippen LogP contribution in [0.4, 0.5) is 0 Å². The second-order valence-electron chi connectivity index (χ2n) is 8.00. The minimum Gasteiger partial charge on any atom is -0.385 e. The Bertz CT molecular complexity index is 752. The van der Waals surface area contributed by atoms with Gasteiger partial charge in [-0.1, -0.05) is 19.0 Å². The molecule has 0 aromatic carbocycles. The summed E-state index contributed by atoms with van der Waals surface area (Å²) in [7, 11) is 1.71. The van der Waals surface area contributed by atoms with E-state index in [-0.39, 0.29) is 11.3 Å². The van der Waals surface area contributed by atoms with E-state index in [1.807, 2.05) is 17.0 Å². The molecule has 1 aliphatic heterocycles. The van der Waals surface area contributed by atoms with Crippen LogP contribution in [-0.4, -0.2) is 52.7 Å². The van der Waals surface area contributed by atoms with Crippen molar-refractivity contribution in [1.29, 1.82) is 0 Å². The molecular formula is C21H30N4O3. The summed E-state index contributed by atoms with van der Waals surface area (Å²) in [6, 6.07) is 3.71. The topological polar surface area (TPSA) is 81.3 Å². The van der Waals surface area contributed by atoms with Gasteiger partial charge in [0, 0.05) is 56.6 Å². The molecule has 0 saturated carbocycles. The normalized spacial score (nSPS) is 16.5. The Morgan fingerprint density at radius 1 is 1.29 bits per heavy atom. The van der Waals surface area contributed by atoms with E-state index >= 15 is 0 Å². The molecule has 3 heterocycles. The quantitative estimate of drug-likeness (QED) is 0.691. The lowest BCUT2D eigenvalue weighted by molar-refractivity contribution is -0.133. The van der Waals surface area contributed by atoms with Crippen molar-refractivity contribution < 1.29 is 14.1 Å². The smallest absolute Gasteiger partial charge is 0.258 e. The zero-order valence-electron chi connectivity index (χ0n) is 17.1. The van der Waals surface area contributed by atoms with Gasteiger partial charge in [-0.25, -0.2) is 0 Å². The van der Waals surface area contributed by atoms with Crippen LogP contribution < -0.4 is 0 Å². The number of carbonyl (C=O) groups is 1. The highest BCUT2D eigenvalue weighted by Gasteiger charge is 2.41. The summed E-state index contributed by atoms with van der Waals surface area (Å²) in [6.45, 7) is 6.37. The van der Waals surface area contributed by atoms with Crippen molar-refractivity contribution in [2.45, 2.75) is 51.4 Å². The average Bonchev–Trinajstić information content (AvgIpc) is 3.22. The molecule has 7 nitrogen and oxygen atoms in total. The third-order valence-electron chi connectivity index (χ3n) is 5.62. The third-order valence-corrected chi connectivity index (χ3v) is 5.62. The van der Waals surface area contributed by atoms with Crippen LogP contribution in [0, 0.1) is 5.92 Å². The molecule has 0 N–H and O–H groups in total. The van der Waals surface area contributed by atoms with E-state index < -0.39 is 0 Å². The first-order valence-corrected chi connectivity index (χ1v) is 10.1. The van der Waals surface area contributed by atoms with Gasteiger partial charge in [0.25, 0.3) is 5.89 Å². The molecule has 0 unspecified atom stereocenters. The third kappa shape index (κ3) is 4.76. The maximum atomic E-state index is 12.5. The van der Waals surface area contributed by atoms with Crippen molar-refractivity contribution in [2.24, 2.45) is 5.92 Å². The van der Waals surface area contributed by atoms with Crippen molar-refractivity contribution in [3.05, 3.63) is 30.4 Å². The number of pyridine rings is 1.